The van der Waals surface area contributed by atoms with Gasteiger partial charge in [0.15, 0.2) is 0 Å². The summed E-state index contributed by atoms with van der Waals surface area (Å²) in [7, 11) is 0. The fourth-order valence-corrected chi connectivity index (χ4v) is 3.26. The molecule has 28 heavy (non-hydrogen) atoms. The number of carbonyl (C=O) groups excluding carboxylic acids is 2. The first kappa shape index (κ1) is 20.4. The predicted octanol–water partition coefficient (Wildman–Crippen LogP) is 3.74. The second-order valence-corrected chi connectivity index (χ2v) is 7.21. The maximum atomic E-state index is 14.6. The molecule has 5 nitrogen and oxygen atoms in total. The third kappa shape index (κ3) is 4.72. The van der Waals surface area contributed by atoms with Gasteiger partial charge in [0.25, 0.3) is 0 Å². The van der Waals surface area contributed by atoms with E-state index >= 15 is 0 Å². The molecule has 1 aliphatic rings. The topological polar surface area (TPSA) is 70.2 Å². The Morgan fingerprint density at radius 2 is 1.89 bits per heavy atom. The van der Waals surface area contributed by atoms with Crippen molar-refractivity contribution in [3.05, 3.63) is 69.2 Å². The van der Waals surface area contributed by atoms with E-state index in [2.05, 4.69) is 16.0 Å². The van der Waals surface area contributed by atoms with Gasteiger partial charge < -0.3 is 16.0 Å². The fraction of sp³-hybridized carbons (Fsp3) is 0.263. The first-order chi connectivity index (χ1) is 13.3. The number of aryl methyl sites for hydroxylation is 1. The molecule has 2 aromatic rings. The quantitative estimate of drug-likeness (QED) is 0.614. The van der Waals surface area contributed by atoms with Gasteiger partial charge in [0, 0.05) is 17.1 Å². The second-order valence-electron chi connectivity index (χ2n) is 6.40. The molecule has 0 radical (unpaired) electrons. The van der Waals surface area contributed by atoms with Crippen molar-refractivity contribution in [3.8, 4) is 0 Å². The van der Waals surface area contributed by atoms with Crippen LogP contribution in [0.25, 0.3) is 0 Å². The van der Waals surface area contributed by atoms with Gasteiger partial charge in [-0.25, -0.2) is 13.6 Å². The first-order valence-corrected chi connectivity index (χ1v) is 9.33. The number of hydrogen-bond acceptors (Lipinski definition) is 2. The van der Waals surface area contributed by atoms with Crippen molar-refractivity contribution in [2.45, 2.75) is 24.9 Å². The number of benzene rings is 2. The molecule has 9 heteroatoms. The van der Waals surface area contributed by atoms with Crippen LogP contribution >= 0.6 is 23.2 Å². The van der Waals surface area contributed by atoms with Gasteiger partial charge in [-0.05, 0) is 36.6 Å². The molecule has 3 N–H and O–H groups in total. The van der Waals surface area contributed by atoms with Crippen molar-refractivity contribution in [1.29, 1.82) is 0 Å². The molecule has 148 valence electrons. The Bertz CT molecular complexity index is 893. The third-order valence-electron chi connectivity index (χ3n) is 4.48. The van der Waals surface area contributed by atoms with Crippen LogP contribution in [-0.2, 0) is 11.2 Å². The van der Waals surface area contributed by atoms with Crippen LogP contribution in [-0.4, -0.2) is 24.5 Å². The summed E-state index contributed by atoms with van der Waals surface area (Å²) in [4.78, 5) is 23.7. The molecule has 1 fully saturated rings. The van der Waals surface area contributed by atoms with E-state index in [0.717, 1.165) is 11.6 Å². The molecule has 0 aromatic heterocycles. The average molecular weight is 428 g/mol. The Balaban J connectivity index is 1.80. The lowest BCUT2D eigenvalue weighted by Gasteiger charge is -2.22. The first-order valence-electron chi connectivity index (χ1n) is 8.57. The molecule has 1 aliphatic heterocycles. The third-order valence-corrected chi connectivity index (χ3v) is 5.08. The Labute approximate surface area is 170 Å². The molecule has 0 aliphatic carbocycles. The highest BCUT2D eigenvalue weighted by Gasteiger charge is 2.29. The van der Waals surface area contributed by atoms with Gasteiger partial charge in [0.1, 0.15) is 22.7 Å². The number of amides is 3. The van der Waals surface area contributed by atoms with E-state index in [1.54, 1.807) is 12.1 Å². The van der Waals surface area contributed by atoms with E-state index in [0.29, 0.717) is 17.9 Å². The van der Waals surface area contributed by atoms with E-state index in [-0.39, 0.29) is 12.1 Å². The molecule has 3 rings (SSSR count). The molecule has 1 saturated heterocycles. The minimum absolute atomic E-state index is 0.0750. The molecule has 0 saturated carbocycles. The summed E-state index contributed by atoms with van der Waals surface area (Å²) >= 11 is 11.6. The van der Waals surface area contributed by atoms with Crippen molar-refractivity contribution >= 4 is 35.1 Å². The van der Waals surface area contributed by atoms with Crippen LogP contribution in [0, 0.1) is 11.6 Å². The van der Waals surface area contributed by atoms with Crippen molar-refractivity contribution in [2.24, 2.45) is 0 Å². The van der Waals surface area contributed by atoms with Gasteiger partial charge in [0.2, 0.25) is 5.91 Å². The SMILES string of the molecule is O=C1NCC(C(=O)N[C@H](CCc2ccc(Cl)cc2)c2ccc(F)c(Cl)c2F)N1. The lowest BCUT2D eigenvalue weighted by molar-refractivity contribution is -0.123. The van der Waals surface area contributed by atoms with Crippen LogP contribution in [0.4, 0.5) is 13.6 Å². The number of halogens is 4. The standard InChI is InChI=1S/C19H17Cl2F2N3O2/c20-11-4-1-10(2-5-11)3-8-14(12-6-7-13(22)16(21)17(12)23)25-18(27)15-9-24-19(28)26-15/h1-2,4-7,14-15H,3,8-9H2,(H,25,27)(H2,24,26,28)/t14-,15?/m1/s1. The highest BCUT2D eigenvalue weighted by atomic mass is 35.5. The second kappa shape index (κ2) is 8.75. The molecule has 3 amide bonds. The van der Waals surface area contributed by atoms with Crippen LogP contribution in [0.3, 0.4) is 0 Å². The maximum absolute atomic E-state index is 14.6. The van der Waals surface area contributed by atoms with Crippen LogP contribution in [0.2, 0.25) is 10.0 Å². The van der Waals surface area contributed by atoms with Gasteiger partial charge in [-0.15, -0.1) is 0 Å². The summed E-state index contributed by atoms with van der Waals surface area (Å²) in [6.07, 6.45) is 0.839. The van der Waals surface area contributed by atoms with Gasteiger partial charge in [-0.1, -0.05) is 41.4 Å². The minimum Gasteiger partial charge on any atom is -0.347 e. The number of nitrogens with one attached hydrogen (secondary N) is 3. The zero-order valence-corrected chi connectivity index (χ0v) is 16.1. The van der Waals surface area contributed by atoms with E-state index in [9.17, 15) is 18.4 Å². The van der Waals surface area contributed by atoms with Gasteiger partial charge >= 0.3 is 6.03 Å². The Kier molecular flexibility index (Phi) is 6.36. The number of rotatable bonds is 6. The summed E-state index contributed by atoms with van der Waals surface area (Å²) in [6, 6.07) is 7.46. The predicted molar refractivity (Wildman–Crippen MR) is 102 cm³/mol. The molecule has 0 spiro atoms. The smallest absolute Gasteiger partial charge is 0.315 e. The van der Waals surface area contributed by atoms with Crippen molar-refractivity contribution in [3.63, 3.8) is 0 Å². The number of hydrogen-bond donors (Lipinski definition) is 3. The summed E-state index contributed by atoms with van der Waals surface area (Å²) in [5.41, 5.74) is 1.01. The average Bonchev–Trinajstić information content (AvgIpc) is 3.11. The lowest BCUT2D eigenvalue weighted by Crippen LogP contribution is -2.44. The van der Waals surface area contributed by atoms with E-state index < -0.39 is 40.7 Å². The summed E-state index contributed by atoms with van der Waals surface area (Å²) in [6.45, 7) is 0.126. The Morgan fingerprint density at radius 3 is 2.54 bits per heavy atom. The van der Waals surface area contributed by atoms with E-state index in [1.807, 2.05) is 12.1 Å². The molecule has 1 unspecified atom stereocenters. The summed E-state index contributed by atoms with van der Waals surface area (Å²) in [5, 5.41) is 7.65. The molecular weight excluding hydrogens is 411 g/mol. The fourth-order valence-electron chi connectivity index (χ4n) is 2.96. The van der Waals surface area contributed by atoms with Crippen LogP contribution in [0.5, 0.6) is 0 Å². The zero-order valence-electron chi connectivity index (χ0n) is 14.6. The Morgan fingerprint density at radius 1 is 1.18 bits per heavy atom. The number of carbonyl (C=O) groups is 2. The highest BCUT2D eigenvalue weighted by Crippen LogP contribution is 2.29. The Hall–Kier alpha value is -2.38. The van der Waals surface area contributed by atoms with E-state index in [1.165, 1.54) is 6.07 Å². The van der Waals surface area contributed by atoms with Crippen molar-refractivity contribution < 1.29 is 18.4 Å². The van der Waals surface area contributed by atoms with E-state index in [4.69, 9.17) is 23.2 Å². The maximum Gasteiger partial charge on any atom is 0.315 e. The van der Waals surface area contributed by atoms with Gasteiger partial charge in [-0.3, -0.25) is 4.79 Å². The van der Waals surface area contributed by atoms with Crippen molar-refractivity contribution in [1.82, 2.24) is 16.0 Å². The summed E-state index contributed by atoms with van der Waals surface area (Å²) < 4.78 is 28.1. The summed E-state index contributed by atoms with van der Waals surface area (Å²) in [5.74, 6) is -2.27. The molecular formula is C19H17Cl2F2N3O2. The normalized spacial score (nSPS) is 17.0. The number of urea groups is 1. The van der Waals surface area contributed by atoms with Gasteiger partial charge in [0.05, 0.1) is 6.04 Å². The van der Waals surface area contributed by atoms with Crippen LogP contribution < -0.4 is 16.0 Å². The molecule has 0 bridgehead atoms. The highest BCUT2D eigenvalue weighted by molar-refractivity contribution is 6.31. The van der Waals surface area contributed by atoms with Gasteiger partial charge in [-0.2, -0.15) is 0 Å². The molecule has 2 aromatic carbocycles. The largest absolute Gasteiger partial charge is 0.347 e. The molecule has 1 heterocycles. The minimum atomic E-state index is -0.920. The van der Waals surface area contributed by atoms with Crippen LogP contribution in [0.1, 0.15) is 23.6 Å². The monoisotopic (exact) mass is 427 g/mol. The molecule has 2 atom stereocenters. The van der Waals surface area contributed by atoms with Crippen molar-refractivity contribution in [2.75, 3.05) is 6.54 Å². The van der Waals surface area contributed by atoms with Crippen LogP contribution in [0.15, 0.2) is 36.4 Å². The lowest BCUT2D eigenvalue weighted by atomic mass is 9.98. The zero-order chi connectivity index (χ0) is 20.3.